The second kappa shape index (κ2) is 5.56. The zero-order valence-electron chi connectivity index (χ0n) is 11.3. The van der Waals surface area contributed by atoms with Crippen molar-refractivity contribution in [3.63, 3.8) is 0 Å². The van der Waals surface area contributed by atoms with Crippen molar-refractivity contribution < 1.29 is 9.53 Å². The van der Waals surface area contributed by atoms with Gasteiger partial charge < -0.3 is 10.1 Å². The molecule has 0 aliphatic heterocycles. The zero-order chi connectivity index (χ0) is 13.8. The summed E-state index contributed by atoms with van der Waals surface area (Å²) in [5.74, 6) is 0.665. The molecule has 5 nitrogen and oxygen atoms in total. The normalized spacial score (nSPS) is 10.3. The number of hydrogen-bond acceptors (Lipinski definition) is 3. The van der Waals surface area contributed by atoms with E-state index in [1.54, 1.807) is 25.0 Å². The molecule has 2 rings (SSSR count). The summed E-state index contributed by atoms with van der Waals surface area (Å²) in [5.41, 5.74) is 2.32. The molecule has 0 saturated carbocycles. The molecule has 1 N–H and O–H groups in total. The van der Waals surface area contributed by atoms with Crippen LogP contribution < -0.4 is 10.1 Å². The van der Waals surface area contributed by atoms with E-state index in [0.717, 1.165) is 17.0 Å². The van der Waals surface area contributed by atoms with Gasteiger partial charge in [-0.05, 0) is 24.6 Å². The Kier molecular flexibility index (Phi) is 3.85. The second-order valence-electron chi connectivity index (χ2n) is 4.34. The van der Waals surface area contributed by atoms with Crippen molar-refractivity contribution in [3.05, 3.63) is 47.3 Å². The number of carbonyl (C=O) groups is 1. The Balaban J connectivity index is 2.02. The van der Waals surface area contributed by atoms with Gasteiger partial charge in [-0.25, -0.2) is 0 Å². The quantitative estimate of drug-likeness (QED) is 0.908. The van der Waals surface area contributed by atoms with Crippen LogP contribution in [0.25, 0.3) is 0 Å². The van der Waals surface area contributed by atoms with Crippen LogP contribution >= 0.6 is 0 Å². The summed E-state index contributed by atoms with van der Waals surface area (Å²) in [6.45, 7) is 2.28. The summed E-state index contributed by atoms with van der Waals surface area (Å²) in [7, 11) is 3.42. The number of amides is 1. The molecular weight excluding hydrogens is 242 g/mol. The highest BCUT2D eigenvalue weighted by Gasteiger charge is 2.11. The number of aryl methyl sites for hydroxylation is 2. The number of methoxy groups -OCH3 is 1. The highest BCUT2D eigenvalue weighted by molar-refractivity contribution is 5.94. The molecule has 0 fully saturated rings. The van der Waals surface area contributed by atoms with Crippen LogP contribution in [0.5, 0.6) is 5.75 Å². The average molecular weight is 259 g/mol. The lowest BCUT2D eigenvalue weighted by Gasteiger charge is -2.06. The Bertz CT molecular complexity index is 590. The van der Waals surface area contributed by atoms with E-state index in [-0.39, 0.29) is 5.91 Å². The van der Waals surface area contributed by atoms with Crippen LogP contribution in [-0.2, 0) is 13.6 Å². The number of nitrogens with one attached hydrogen (secondary N) is 1. The summed E-state index contributed by atoms with van der Waals surface area (Å²) >= 11 is 0. The molecule has 1 heterocycles. The van der Waals surface area contributed by atoms with E-state index in [4.69, 9.17) is 4.74 Å². The molecule has 1 amide bonds. The molecule has 0 atom stereocenters. The number of benzene rings is 1. The monoisotopic (exact) mass is 259 g/mol. The molecule has 5 heteroatoms. The maximum atomic E-state index is 12.0. The van der Waals surface area contributed by atoms with Gasteiger partial charge in [-0.3, -0.25) is 9.48 Å². The van der Waals surface area contributed by atoms with E-state index < -0.39 is 0 Å². The van der Waals surface area contributed by atoms with Gasteiger partial charge in [0.15, 0.2) is 0 Å². The van der Waals surface area contributed by atoms with Crippen LogP contribution in [0.15, 0.2) is 30.5 Å². The van der Waals surface area contributed by atoms with E-state index >= 15 is 0 Å². The molecule has 0 aliphatic rings. The Morgan fingerprint density at radius 3 is 2.89 bits per heavy atom. The third kappa shape index (κ3) is 3.13. The first-order valence-electron chi connectivity index (χ1n) is 6.01. The standard InChI is InChI=1S/C14H17N3O2/c1-10-13(9-17(2)16-10)14(18)15-8-11-5-4-6-12(7-11)19-3/h4-7,9H,8H2,1-3H3,(H,15,18). The van der Waals surface area contributed by atoms with Crippen LogP contribution in [0.1, 0.15) is 21.6 Å². The van der Waals surface area contributed by atoms with Gasteiger partial charge in [-0.1, -0.05) is 12.1 Å². The van der Waals surface area contributed by atoms with Crippen LogP contribution in [-0.4, -0.2) is 22.8 Å². The minimum atomic E-state index is -0.117. The second-order valence-corrected chi connectivity index (χ2v) is 4.34. The van der Waals surface area contributed by atoms with Gasteiger partial charge in [-0.15, -0.1) is 0 Å². The SMILES string of the molecule is COc1cccc(CNC(=O)c2cn(C)nc2C)c1. The molecule has 1 aromatic carbocycles. The van der Waals surface area contributed by atoms with Gasteiger partial charge in [-0.2, -0.15) is 5.10 Å². The lowest BCUT2D eigenvalue weighted by Crippen LogP contribution is -2.23. The van der Waals surface area contributed by atoms with Crippen LogP contribution in [0, 0.1) is 6.92 Å². The first kappa shape index (κ1) is 13.1. The van der Waals surface area contributed by atoms with Crippen molar-refractivity contribution >= 4 is 5.91 Å². The maximum absolute atomic E-state index is 12.0. The van der Waals surface area contributed by atoms with E-state index in [9.17, 15) is 4.79 Å². The third-order valence-electron chi connectivity index (χ3n) is 2.85. The van der Waals surface area contributed by atoms with Crippen molar-refractivity contribution in [1.82, 2.24) is 15.1 Å². The predicted molar refractivity (Wildman–Crippen MR) is 72.1 cm³/mol. The first-order valence-corrected chi connectivity index (χ1v) is 6.01. The largest absolute Gasteiger partial charge is 0.497 e. The van der Waals surface area contributed by atoms with Crippen molar-refractivity contribution in [3.8, 4) is 5.75 Å². The van der Waals surface area contributed by atoms with Crippen molar-refractivity contribution in [2.24, 2.45) is 7.05 Å². The topological polar surface area (TPSA) is 56.1 Å². The number of ether oxygens (including phenoxy) is 1. The van der Waals surface area contributed by atoms with Crippen molar-refractivity contribution in [1.29, 1.82) is 0 Å². The zero-order valence-corrected chi connectivity index (χ0v) is 11.3. The molecular formula is C14H17N3O2. The minimum Gasteiger partial charge on any atom is -0.497 e. The molecule has 0 radical (unpaired) electrons. The van der Waals surface area contributed by atoms with Gasteiger partial charge in [0, 0.05) is 19.8 Å². The summed E-state index contributed by atoms with van der Waals surface area (Å²) in [6.07, 6.45) is 1.72. The van der Waals surface area contributed by atoms with Crippen LogP contribution in [0.3, 0.4) is 0 Å². The Hall–Kier alpha value is -2.30. The van der Waals surface area contributed by atoms with E-state index in [2.05, 4.69) is 10.4 Å². The first-order chi connectivity index (χ1) is 9.10. The number of hydrogen-bond donors (Lipinski definition) is 1. The molecule has 0 aliphatic carbocycles. The summed E-state index contributed by atoms with van der Waals surface area (Å²) in [6, 6.07) is 7.61. The number of nitrogens with zero attached hydrogens (tertiary/aromatic N) is 2. The number of rotatable bonds is 4. The Morgan fingerprint density at radius 2 is 2.26 bits per heavy atom. The van der Waals surface area contributed by atoms with Crippen LogP contribution in [0.2, 0.25) is 0 Å². The Labute approximate surface area is 112 Å². The van der Waals surface area contributed by atoms with E-state index in [1.807, 2.05) is 31.2 Å². The van der Waals surface area contributed by atoms with Gasteiger partial charge in [0.05, 0.1) is 18.4 Å². The van der Waals surface area contributed by atoms with Gasteiger partial charge >= 0.3 is 0 Å². The van der Waals surface area contributed by atoms with Gasteiger partial charge in [0.25, 0.3) is 5.91 Å². The molecule has 0 bridgehead atoms. The van der Waals surface area contributed by atoms with Gasteiger partial charge in [0.2, 0.25) is 0 Å². The lowest BCUT2D eigenvalue weighted by atomic mass is 10.2. The van der Waals surface area contributed by atoms with Crippen LogP contribution in [0.4, 0.5) is 0 Å². The molecule has 19 heavy (non-hydrogen) atoms. The third-order valence-corrected chi connectivity index (χ3v) is 2.85. The fourth-order valence-corrected chi connectivity index (χ4v) is 1.88. The van der Waals surface area contributed by atoms with E-state index in [1.165, 1.54) is 0 Å². The number of aromatic nitrogens is 2. The van der Waals surface area contributed by atoms with E-state index in [0.29, 0.717) is 12.1 Å². The fourth-order valence-electron chi connectivity index (χ4n) is 1.88. The predicted octanol–water partition coefficient (Wildman–Crippen LogP) is 1.67. The summed E-state index contributed by atoms with van der Waals surface area (Å²) in [5, 5.41) is 7.02. The van der Waals surface area contributed by atoms with Crippen molar-refractivity contribution in [2.75, 3.05) is 7.11 Å². The lowest BCUT2D eigenvalue weighted by molar-refractivity contribution is 0.0950. The average Bonchev–Trinajstić information content (AvgIpc) is 2.75. The Morgan fingerprint density at radius 1 is 1.47 bits per heavy atom. The summed E-state index contributed by atoms with van der Waals surface area (Å²) in [4.78, 5) is 12.0. The highest BCUT2D eigenvalue weighted by atomic mass is 16.5. The molecule has 0 saturated heterocycles. The van der Waals surface area contributed by atoms with Gasteiger partial charge in [0.1, 0.15) is 5.75 Å². The molecule has 2 aromatic rings. The van der Waals surface area contributed by atoms with Crippen molar-refractivity contribution in [2.45, 2.75) is 13.5 Å². The molecule has 0 unspecified atom stereocenters. The smallest absolute Gasteiger partial charge is 0.255 e. The number of carbonyl (C=O) groups excluding carboxylic acids is 1. The summed E-state index contributed by atoms with van der Waals surface area (Å²) < 4.78 is 6.78. The maximum Gasteiger partial charge on any atom is 0.255 e. The fraction of sp³-hybridized carbons (Fsp3) is 0.286. The molecule has 0 spiro atoms. The minimum absolute atomic E-state index is 0.117. The molecule has 100 valence electrons. The highest BCUT2D eigenvalue weighted by Crippen LogP contribution is 2.12. The molecule has 1 aromatic heterocycles.